The number of H-pyrrole nitrogens is 1. The van der Waals surface area contributed by atoms with E-state index in [1.54, 1.807) is 6.20 Å². The molecule has 1 fully saturated rings. The molecule has 14 heteroatoms. The highest BCUT2D eigenvalue weighted by molar-refractivity contribution is 5.95. The van der Waals surface area contributed by atoms with Gasteiger partial charge in [0.1, 0.15) is 23.9 Å². The summed E-state index contributed by atoms with van der Waals surface area (Å²) in [5.74, 6) is -3.71. The minimum absolute atomic E-state index is 0.0358. The van der Waals surface area contributed by atoms with Crippen LogP contribution in [0, 0.1) is 11.7 Å². The third-order valence-electron chi connectivity index (χ3n) is 8.09. The molecule has 5 atom stereocenters. The molecule has 5 amide bonds. The van der Waals surface area contributed by atoms with Gasteiger partial charge >= 0.3 is 0 Å². The Morgan fingerprint density at radius 2 is 1.72 bits per heavy atom. The molecule has 0 radical (unpaired) electrons. The van der Waals surface area contributed by atoms with Crippen LogP contribution in [0.2, 0.25) is 0 Å². The van der Waals surface area contributed by atoms with Crippen LogP contribution in [0.5, 0.6) is 0 Å². The zero-order valence-electron chi connectivity index (χ0n) is 26.4. The lowest BCUT2D eigenvalue weighted by atomic mass is 10.0. The van der Waals surface area contributed by atoms with E-state index in [1.807, 2.05) is 38.1 Å². The number of hydrogen-bond donors (Lipinski definition) is 7. The Bertz CT molecular complexity index is 1590. The second-order valence-corrected chi connectivity index (χ2v) is 12.3. The number of aromatic nitrogens is 1. The molecule has 252 valence electrons. The molecule has 4 rings (SSSR count). The summed E-state index contributed by atoms with van der Waals surface area (Å²) in [6, 6.07) is 8.81. The van der Waals surface area contributed by atoms with Gasteiger partial charge in [-0.1, -0.05) is 44.2 Å². The first kappa shape index (κ1) is 35.0. The fraction of sp³-hybridized carbons (Fsp3) is 0.424. The van der Waals surface area contributed by atoms with Crippen molar-refractivity contribution in [1.82, 2.24) is 25.8 Å². The molecular weight excluding hydrogens is 609 g/mol. The van der Waals surface area contributed by atoms with Gasteiger partial charge in [-0.05, 0) is 48.1 Å². The van der Waals surface area contributed by atoms with Crippen LogP contribution in [-0.2, 0) is 36.8 Å². The summed E-state index contributed by atoms with van der Waals surface area (Å²) in [5.41, 5.74) is 14.0. The van der Waals surface area contributed by atoms with Crippen LogP contribution in [0.1, 0.15) is 37.8 Å². The summed E-state index contributed by atoms with van der Waals surface area (Å²) >= 11 is 0. The molecular formula is C33H42FN7O6. The first-order valence-corrected chi connectivity index (χ1v) is 15.5. The number of primary amides is 1. The number of aromatic amines is 1. The van der Waals surface area contributed by atoms with Crippen molar-refractivity contribution in [1.29, 1.82) is 0 Å². The lowest BCUT2D eigenvalue weighted by Gasteiger charge is -2.28. The third-order valence-corrected chi connectivity index (χ3v) is 8.09. The number of rotatable bonds is 14. The highest BCUT2D eigenvalue weighted by Crippen LogP contribution is 2.21. The molecule has 1 aromatic heterocycles. The zero-order valence-corrected chi connectivity index (χ0v) is 26.4. The van der Waals surface area contributed by atoms with Crippen LogP contribution >= 0.6 is 0 Å². The van der Waals surface area contributed by atoms with E-state index < -0.39 is 72.2 Å². The van der Waals surface area contributed by atoms with Crippen molar-refractivity contribution in [3.8, 4) is 0 Å². The number of benzene rings is 2. The molecule has 1 aliphatic rings. The van der Waals surface area contributed by atoms with Gasteiger partial charge in [0.15, 0.2) is 0 Å². The number of amides is 5. The summed E-state index contributed by atoms with van der Waals surface area (Å²) in [6.45, 7) is 3.11. The van der Waals surface area contributed by atoms with Gasteiger partial charge in [0.2, 0.25) is 29.5 Å². The molecule has 3 aromatic rings. The number of carbonyl (C=O) groups is 5. The van der Waals surface area contributed by atoms with E-state index in [-0.39, 0.29) is 38.1 Å². The number of hydrogen-bond acceptors (Lipinski definition) is 7. The van der Waals surface area contributed by atoms with Gasteiger partial charge in [-0.3, -0.25) is 24.0 Å². The molecule has 1 aliphatic heterocycles. The quantitative estimate of drug-likeness (QED) is 0.127. The molecule has 0 aliphatic carbocycles. The van der Waals surface area contributed by atoms with Crippen molar-refractivity contribution in [2.75, 3.05) is 13.1 Å². The molecule has 0 spiro atoms. The van der Waals surface area contributed by atoms with E-state index in [0.717, 1.165) is 16.5 Å². The summed E-state index contributed by atoms with van der Waals surface area (Å²) in [5, 5.41) is 19.0. The molecule has 47 heavy (non-hydrogen) atoms. The summed E-state index contributed by atoms with van der Waals surface area (Å²) < 4.78 is 13.3. The van der Waals surface area contributed by atoms with Crippen LogP contribution in [0.4, 0.5) is 4.39 Å². The standard InChI is InChI=1S/C33H42FN7O6/c1-18(2)11-27(31(45)38-16-29(43)39-26(30(36)44)13-20-15-37-25-6-4-3-5-23(20)25)40-32(46)28-14-22(42)17-41(28)33(47)24(35)12-19-7-9-21(34)10-8-19/h3-10,15,18,22,24,26-28,37,42H,11-14,16-17,35H2,1-2H3,(H2,36,44)(H,38,45)(H,39,43)(H,40,46)/t22-,24-,26-,27-,28+/m0/s1. The average molecular weight is 652 g/mol. The van der Waals surface area contributed by atoms with Crippen LogP contribution in [0.25, 0.3) is 10.9 Å². The lowest BCUT2D eigenvalue weighted by Crippen LogP contribution is -2.56. The van der Waals surface area contributed by atoms with Gasteiger partial charge in [0, 0.05) is 36.5 Å². The number of nitrogens with two attached hydrogens (primary N) is 2. The van der Waals surface area contributed by atoms with E-state index in [9.17, 15) is 33.5 Å². The number of carbonyl (C=O) groups excluding carboxylic acids is 5. The van der Waals surface area contributed by atoms with Gasteiger partial charge in [0.25, 0.3) is 0 Å². The topological polar surface area (TPSA) is 213 Å². The number of β-amino-alcohol motifs (C(OH)–C–C–N with tert-alkyl or cyclic N) is 1. The van der Waals surface area contributed by atoms with E-state index in [4.69, 9.17) is 11.5 Å². The zero-order chi connectivity index (χ0) is 34.2. The van der Waals surface area contributed by atoms with Crippen molar-refractivity contribution in [3.05, 3.63) is 71.7 Å². The number of aliphatic hydroxyl groups excluding tert-OH is 1. The fourth-order valence-corrected chi connectivity index (χ4v) is 5.73. The number of halogens is 1. The number of aliphatic hydroxyl groups is 1. The third kappa shape index (κ3) is 9.36. The van der Waals surface area contributed by atoms with E-state index in [2.05, 4.69) is 20.9 Å². The maximum Gasteiger partial charge on any atom is 0.243 e. The van der Waals surface area contributed by atoms with Crippen molar-refractivity contribution >= 4 is 40.4 Å². The van der Waals surface area contributed by atoms with Crippen molar-refractivity contribution in [2.45, 2.75) is 69.8 Å². The molecule has 0 unspecified atom stereocenters. The number of likely N-dealkylation sites (tertiary alicyclic amines) is 1. The number of fused-ring (bicyclic) bond motifs is 1. The lowest BCUT2D eigenvalue weighted by molar-refractivity contribution is -0.140. The van der Waals surface area contributed by atoms with Gasteiger partial charge in [0.05, 0.1) is 18.7 Å². The van der Waals surface area contributed by atoms with Crippen molar-refractivity contribution in [3.63, 3.8) is 0 Å². The van der Waals surface area contributed by atoms with Crippen molar-refractivity contribution in [2.24, 2.45) is 17.4 Å². The highest BCUT2D eigenvalue weighted by atomic mass is 19.1. The second-order valence-electron chi connectivity index (χ2n) is 12.3. The number of nitrogens with one attached hydrogen (secondary N) is 4. The summed E-state index contributed by atoms with van der Waals surface area (Å²) in [7, 11) is 0. The fourth-order valence-electron chi connectivity index (χ4n) is 5.73. The number of nitrogens with zero attached hydrogens (tertiary/aromatic N) is 1. The van der Waals surface area contributed by atoms with E-state index in [0.29, 0.717) is 5.56 Å². The smallest absolute Gasteiger partial charge is 0.243 e. The van der Waals surface area contributed by atoms with Crippen molar-refractivity contribution < 1.29 is 33.5 Å². The largest absolute Gasteiger partial charge is 0.391 e. The van der Waals surface area contributed by atoms with Gasteiger partial charge in [-0.15, -0.1) is 0 Å². The van der Waals surface area contributed by atoms with Gasteiger partial charge < -0.3 is 42.4 Å². The Balaban J connectivity index is 1.35. The maximum absolute atomic E-state index is 13.4. The number of para-hydroxylation sites is 1. The Kier molecular flexibility index (Phi) is 11.7. The normalized spacial score (nSPS) is 18.0. The summed E-state index contributed by atoms with van der Waals surface area (Å²) in [4.78, 5) is 69.1. The molecule has 13 nitrogen and oxygen atoms in total. The first-order chi connectivity index (χ1) is 22.3. The molecule has 0 bridgehead atoms. The first-order valence-electron chi connectivity index (χ1n) is 15.5. The van der Waals surface area contributed by atoms with Crippen LogP contribution < -0.4 is 27.4 Å². The van der Waals surface area contributed by atoms with Gasteiger partial charge in [-0.2, -0.15) is 0 Å². The van der Waals surface area contributed by atoms with Crippen LogP contribution in [0.15, 0.2) is 54.7 Å². The Hall–Kier alpha value is -4.82. The molecule has 9 N–H and O–H groups in total. The van der Waals surface area contributed by atoms with E-state index >= 15 is 0 Å². The Morgan fingerprint density at radius 3 is 2.40 bits per heavy atom. The molecule has 2 heterocycles. The second kappa shape index (κ2) is 15.6. The Morgan fingerprint density at radius 1 is 1.02 bits per heavy atom. The molecule has 0 saturated carbocycles. The van der Waals surface area contributed by atoms with E-state index in [1.165, 1.54) is 29.2 Å². The summed E-state index contributed by atoms with van der Waals surface area (Å²) in [6.07, 6.45) is 1.17. The maximum atomic E-state index is 13.4. The molecule has 1 saturated heterocycles. The van der Waals surface area contributed by atoms with Crippen LogP contribution in [0.3, 0.4) is 0 Å². The molecule has 2 aromatic carbocycles. The monoisotopic (exact) mass is 651 g/mol. The van der Waals surface area contributed by atoms with Crippen LogP contribution in [-0.4, -0.2) is 87.9 Å². The minimum atomic E-state index is -1.08. The van der Waals surface area contributed by atoms with Gasteiger partial charge in [-0.25, -0.2) is 4.39 Å². The predicted molar refractivity (Wildman–Crippen MR) is 172 cm³/mol. The SMILES string of the molecule is CC(C)C[C@H](NC(=O)[C@H]1C[C@H](O)CN1C(=O)[C@@H](N)Cc1ccc(F)cc1)C(=O)NCC(=O)N[C@@H](Cc1c[nH]c2ccccc12)C(N)=O. The highest BCUT2D eigenvalue weighted by Gasteiger charge is 2.41. The predicted octanol–water partition coefficient (Wildman–Crippen LogP) is -0.00150. The average Bonchev–Trinajstić information content (AvgIpc) is 3.63. The Labute approximate surface area is 271 Å². The minimum Gasteiger partial charge on any atom is -0.391 e.